The second-order valence-corrected chi connectivity index (χ2v) is 11.3. The van der Waals surface area contributed by atoms with Gasteiger partial charge in [-0.05, 0) is 50.1 Å². The number of nitrogens with one attached hydrogen (secondary N) is 1. The van der Waals surface area contributed by atoms with Crippen molar-refractivity contribution in [1.82, 2.24) is 9.29 Å². The summed E-state index contributed by atoms with van der Waals surface area (Å²) in [6.07, 6.45) is 1.08. The molecule has 1 aliphatic rings. The van der Waals surface area contributed by atoms with Crippen LogP contribution in [0.5, 0.6) is 5.75 Å². The van der Waals surface area contributed by atoms with Crippen LogP contribution in [0.3, 0.4) is 0 Å². The van der Waals surface area contributed by atoms with Gasteiger partial charge in [-0.2, -0.15) is 4.31 Å². The van der Waals surface area contributed by atoms with Gasteiger partial charge in [-0.15, -0.1) is 11.3 Å². The minimum atomic E-state index is -3.77. The van der Waals surface area contributed by atoms with E-state index in [1.807, 2.05) is 25.1 Å². The Morgan fingerprint density at radius 2 is 2.17 bits per heavy atom. The van der Waals surface area contributed by atoms with E-state index in [0.29, 0.717) is 35.5 Å². The largest absolute Gasteiger partial charge is 0.494 e. The zero-order chi connectivity index (χ0) is 20.6. The fourth-order valence-corrected chi connectivity index (χ4v) is 7.41. The highest BCUT2D eigenvalue weighted by Crippen LogP contribution is 2.33. The van der Waals surface area contributed by atoms with Crippen LogP contribution >= 0.6 is 34.3 Å². The highest BCUT2D eigenvalue weighted by molar-refractivity contribution is 7.91. The lowest BCUT2D eigenvalue weighted by Crippen LogP contribution is -2.42. The monoisotopic (exact) mass is 471 g/mol. The number of halogens is 1. The molecular formula is C18H18ClN3O4S3. The molecule has 1 aliphatic heterocycles. The van der Waals surface area contributed by atoms with Gasteiger partial charge in [-0.1, -0.05) is 22.9 Å². The molecule has 0 aliphatic carbocycles. The van der Waals surface area contributed by atoms with Gasteiger partial charge in [0.05, 0.1) is 21.2 Å². The normalized spacial score (nSPS) is 17.7. The smallest absolute Gasteiger partial charge is 0.253 e. The number of thiazole rings is 1. The quantitative estimate of drug-likeness (QED) is 0.582. The van der Waals surface area contributed by atoms with Gasteiger partial charge in [-0.3, -0.25) is 4.79 Å². The maximum Gasteiger partial charge on any atom is 0.253 e. The van der Waals surface area contributed by atoms with Crippen molar-refractivity contribution >= 4 is 65.6 Å². The van der Waals surface area contributed by atoms with Gasteiger partial charge in [0.2, 0.25) is 5.91 Å². The summed E-state index contributed by atoms with van der Waals surface area (Å²) < 4.78 is 34.0. The van der Waals surface area contributed by atoms with Gasteiger partial charge in [0.25, 0.3) is 10.0 Å². The Kier molecular flexibility index (Phi) is 5.80. The molecule has 0 radical (unpaired) electrons. The van der Waals surface area contributed by atoms with Crippen molar-refractivity contribution < 1.29 is 17.9 Å². The molecule has 1 atom stereocenters. The second kappa shape index (κ2) is 8.19. The molecule has 3 aromatic rings. The van der Waals surface area contributed by atoms with Crippen molar-refractivity contribution in [2.45, 2.75) is 30.0 Å². The summed E-state index contributed by atoms with van der Waals surface area (Å²) in [5.41, 5.74) is 0.748. The summed E-state index contributed by atoms with van der Waals surface area (Å²) in [5.74, 6) is 0.363. The van der Waals surface area contributed by atoms with Gasteiger partial charge < -0.3 is 10.1 Å². The van der Waals surface area contributed by atoms with Gasteiger partial charge in [-0.25, -0.2) is 13.4 Å². The molecule has 0 bridgehead atoms. The Labute approximate surface area is 181 Å². The van der Waals surface area contributed by atoms with Gasteiger partial charge >= 0.3 is 0 Å². The number of thiophene rings is 1. The van der Waals surface area contributed by atoms with Crippen molar-refractivity contribution in [2.75, 3.05) is 18.5 Å². The highest BCUT2D eigenvalue weighted by atomic mass is 35.5. The molecule has 3 heterocycles. The standard InChI is InChI=1S/C18H18ClN3O4S3/c1-2-26-11-5-6-12-14(10-11)27-18(20-12)21-17(23)13-4-3-9-22(13)29(24,25)16-8-7-15(19)28-16/h5-8,10,13H,2-4,9H2,1H3,(H,20,21,23). The first-order valence-corrected chi connectivity index (χ1v) is 12.4. The van der Waals surface area contributed by atoms with Crippen LogP contribution < -0.4 is 10.1 Å². The number of ether oxygens (including phenoxy) is 1. The van der Waals surface area contributed by atoms with E-state index in [0.717, 1.165) is 27.3 Å². The number of aromatic nitrogens is 1. The molecule has 1 unspecified atom stereocenters. The predicted octanol–water partition coefficient (Wildman–Crippen LogP) is 4.20. The summed E-state index contributed by atoms with van der Waals surface area (Å²) in [5, 5.41) is 3.21. The number of carbonyl (C=O) groups is 1. The number of sulfonamides is 1. The molecule has 1 aromatic carbocycles. The lowest BCUT2D eigenvalue weighted by Gasteiger charge is -2.22. The molecule has 4 rings (SSSR count). The van der Waals surface area contributed by atoms with Crippen LogP contribution in [0.25, 0.3) is 10.2 Å². The Balaban J connectivity index is 1.53. The van der Waals surface area contributed by atoms with E-state index in [-0.39, 0.29) is 10.1 Å². The zero-order valence-electron chi connectivity index (χ0n) is 15.4. The number of rotatable bonds is 6. The average Bonchev–Trinajstić information content (AvgIpc) is 3.40. The summed E-state index contributed by atoms with van der Waals surface area (Å²) in [6.45, 7) is 2.77. The Morgan fingerprint density at radius 1 is 1.34 bits per heavy atom. The summed E-state index contributed by atoms with van der Waals surface area (Å²) in [7, 11) is -3.77. The van der Waals surface area contributed by atoms with Crippen molar-refractivity contribution in [3.8, 4) is 5.75 Å². The Morgan fingerprint density at radius 3 is 2.90 bits per heavy atom. The Bertz CT molecular complexity index is 1160. The zero-order valence-corrected chi connectivity index (χ0v) is 18.6. The minimum absolute atomic E-state index is 0.144. The summed E-state index contributed by atoms with van der Waals surface area (Å²) in [6, 6.07) is 7.78. The molecule has 2 aromatic heterocycles. The molecule has 1 amide bonds. The van der Waals surface area contributed by atoms with Crippen molar-refractivity contribution in [2.24, 2.45) is 0 Å². The van der Waals surface area contributed by atoms with Crippen LogP contribution in [-0.2, 0) is 14.8 Å². The number of anilines is 1. The number of amides is 1. The molecule has 1 fully saturated rings. The van der Waals surface area contributed by atoms with Crippen LogP contribution in [-0.4, -0.2) is 42.8 Å². The van der Waals surface area contributed by atoms with Crippen LogP contribution in [0, 0.1) is 0 Å². The first-order chi connectivity index (χ1) is 13.9. The number of nitrogens with zero attached hydrogens (tertiary/aromatic N) is 2. The van der Waals surface area contributed by atoms with E-state index in [1.165, 1.54) is 21.7 Å². The van der Waals surface area contributed by atoms with Crippen molar-refractivity contribution in [1.29, 1.82) is 0 Å². The number of hydrogen-bond acceptors (Lipinski definition) is 7. The van der Waals surface area contributed by atoms with E-state index in [1.54, 1.807) is 6.07 Å². The molecule has 0 saturated carbocycles. The topological polar surface area (TPSA) is 88.6 Å². The Hall–Kier alpha value is -1.72. The van der Waals surface area contributed by atoms with Crippen molar-refractivity contribution in [3.05, 3.63) is 34.7 Å². The fraction of sp³-hybridized carbons (Fsp3) is 0.333. The second-order valence-electron chi connectivity index (χ2n) is 6.40. The third-order valence-electron chi connectivity index (χ3n) is 4.52. The molecule has 154 valence electrons. The molecule has 29 heavy (non-hydrogen) atoms. The van der Waals surface area contributed by atoms with Gasteiger partial charge in [0.15, 0.2) is 5.13 Å². The maximum atomic E-state index is 12.9. The lowest BCUT2D eigenvalue weighted by atomic mass is 10.2. The highest BCUT2D eigenvalue weighted by Gasteiger charge is 2.40. The SMILES string of the molecule is CCOc1ccc2nc(NC(=O)C3CCCN3S(=O)(=O)c3ccc(Cl)s3)sc2c1. The number of fused-ring (bicyclic) bond motifs is 1. The molecule has 0 spiro atoms. The molecular weight excluding hydrogens is 454 g/mol. The van der Waals surface area contributed by atoms with Crippen LogP contribution in [0.4, 0.5) is 5.13 Å². The lowest BCUT2D eigenvalue weighted by molar-refractivity contribution is -0.119. The van der Waals surface area contributed by atoms with E-state index in [9.17, 15) is 13.2 Å². The molecule has 7 nitrogen and oxygen atoms in total. The summed E-state index contributed by atoms with van der Waals surface area (Å²) in [4.78, 5) is 17.3. The first kappa shape index (κ1) is 20.5. The fourth-order valence-electron chi connectivity index (χ4n) is 3.25. The maximum absolute atomic E-state index is 12.9. The van der Waals surface area contributed by atoms with Gasteiger partial charge in [0.1, 0.15) is 16.0 Å². The van der Waals surface area contributed by atoms with E-state index < -0.39 is 16.1 Å². The van der Waals surface area contributed by atoms with Crippen LogP contribution in [0.2, 0.25) is 4.34 Å². The van der Waals surface area contributed by atoms with Crippen molar-refractivity contribution in [3.63, 3.8) is 0 Å². The predicted molar refractivity (Wildman–Crippen MR) is 116 cm³/mol. The van der Waals surface area contributed by atoms with Gasteiger partial charge in [0, 0.05) is 6.54 Å². The molecule has 1 N–H and O–H groups in total. The third kappa shape index (κ3) is 4.13. The molecule has 11 heteroatoms. The number of carbonyl (C=O) groups excluding carboxylic acids is 1. The third-order valence-corrected chi connectivity index (χ3v) is 9.06. The molecule has 1 saturated heterocycles. The summed E-state index contributed by atoms with van der Waals surface area (Å²) >= 11 is 8.21. The van der Waals surface area contributed by atoms with E-state index >= 15 is 0 Å². The average molecular weight is 472 g/mol. The number of benzene rings is 1. The number of hydrogen-bond donors (Lipinski definition) is 1. The van der Waals surface area contributed by atoms with E-state index in [4.69, 9.17) is 16.3 Å². The minimum Gasteiger partial charge on any atom is -0.494 e. The van der Waals surface area contributed by atoms with Crippen LogP contribution in [0.1, 0.15) is 19.8 Å². The van der Waals surface area contributed by atoms with E-state index in [2.05, 4.69) is 10.3 Å². The van der Waals surface area contributed by atoms with Crippen LogP contribution in [0.15, 0.2) is 34.5 Å². The first-order valence-electron chi connectivity index (χ1n) is 9.00.